The highest BCUT2D eigenvalue weighted by atomic mass is 35.5. The number of nitrogens with one attached hydrogen (secondary N) is 1. The Morgan fingerprint density at radius 3 is 2.57 bits per heavy atom. The van der Waals surface area contributed by atoms with Gasteiger partial charge < -0.3 is 10.1 Å². The highest BCUT2D eigenvalue weighted by molar-refractivity contribution is 6.36. The van der Waals surface area contributed by atoms with E-state index < -0.39 is 12.0 Å². The molecule has 1 aliphatic rings. The van der Waals surface area contributed by atoms with Gasteiger partial charge in [0, 0.05) is 5.02 Å². The molecule has 1 amide bonds. The van der Waals surface area contributed by atoms with Crippen LogP contribution in [-0.4, -0.2) is 11.9 Å². The molecule has 118 valence electrons. The Kier molecular flexibility index (Phi) is 4.55. The largest absolute Gasteiger partial charge is 0.457 e. The molecule has 4 nitrogen and oxygen atoms in total. The van der Waals surface area contributed by atoms with Crippen LogP contribution >= 0.6 is 23.2 Å². The molecule has 1 saturated heterocycles. The molecule has 0 aromatic heterocycles. The van der Waals surface area contributed by atoms with Crippen LogP contribution in [0.15, 0.2) is 48.5 Å². The van der Waals surface area contributed by atoms with Gasteiger partial charge in [0.15, 0.2) is 0 Å². The standard InChI is InChI=1S/C17H13Cl2NO3/c18-11-6-7-14(13(19)8-11)20-17(22)12-9-15(21)23-16(12)10-4-2-1-3-5-10/h1-8,12,16H,9H2,(H,20,22)/t12-,16+/m0/s1. The minimum atomic E-state index is -0.600. The summed E-state index contributed by atoms with van der Waals surface area (Å²) in [4.78, 5) is 24.2. The molecular weight excluding hydrogens is 337 g/mol. The van der Waals surface area contributed by atoms with Crippen molar-refractivity contribution in [2.45, 2.75) is 12.5 Å². The van der Waals surface area contributed by atoms with Gasteiger partial charge in [0.1, 0.15) is 6.10 Å². The third-order valence-electron chi connectivity index (χ3n) is 3.66. The molecule has 1 heterocycles. The average molecular weight is 350 g/mol. The fourth-order valence-corrected chi connectivity index (χ4v) is 3.00. The number of amides is 1. The van der Waals surface area contributed by atoms with Crippen LogP contribution in [0.4, 0.5) is 5.69 Å². The van der Waals surface area contributed by atoms with Crippen molar-refractivity contribution in [2.75, 3.05) is 5.32 Å². The van der Waals surface area contributed by atoms with Gasteiger partial charge in [-0.05, 0) is 23.8 Å². The van der Waals surface area contributed by atoms with Crippen LogP contribution in [0, 0.1) is 5.92 Å². The number of halogens is 2. The molecule has 0 saturated carbocycles. The summed E-state index contributed by atoms with van der Waals surface area (Å²) in [5.41, 5.74) is 1.24. The summed E-state index contributed by atoms with van der Waals surface area (Å²) in [6.07, 6.45) is -0.550. The maximum Gasteiger partial charge on any atom is 0.307 e. The third kappa shape index (κ3) is 3.49. The maximum atomic E-state index is 12.5. The molecule has 3 rings (SSSR count). The van der Waals surface area contributed by atoms with E-state index in [-0.39, 0.29) is 18.3 Å². The van der Waals surface area contributed by atoms with Gasteiger partial charge in [0.05, 0.1) is 23.0 Å². The molecule has 2 atom stereocenters. The molecule has 6 heteroatoms. The summed E-state index contributed by atoms with van der Waals surface area (Å²) in [5, 5.41) is 3.56. The molecule has 23 heavy (non-hydrogen) atoms. The van der Waals surface area contributed by atoms with Gasteiger partial charge in [-0.1, -0.05) is 53.5 Å². The normalized spacial score (nSPS) is 20.2. The second-order valence-electron chi connectivity index (χ2n) is 5.25. The van der Waals surface area contributed by atoms with Crippen molar-refractivity contribution in [3.63, 3.8) is 0 Å². The van der Waals surface area contributed by atoms with Crippen LogP contribution in [0.1, 0.15) is 18.1 Å². The molecule has 0 spiro atoms. The van der Waals surface area contributed by atoms with Crippen LogP contribution in [-0.2, 0) is 14.3 Å². The molecule has 0 bridgehead atoms. The van der Waals surface area contributed by atoms with Gasteiger partial charge in [0.25, 0.3) is 0 Å². The molecule has 0 radical (unpaired) electrons. The van der Waals surface area contributed by atoms with Crippen LogP contribution in [0.5, 0.6) is 0 Å². The van der Waals surface area contributed by atoms with E-state index in [9.17, 15) is 9.59 Å². The molecule has 0 aliphatic carbocycles. The third-order valence-corrected chi connectivity index (χ3v) is 4.21. The van der Waals surface area contributed by atoms with Crippen LogP contribution in [0.2, 0.25) is 10.0 Å². The minimum Gasteiger partial charge on any atom is -0.457 e. The zero-order chi connectivity index (χ0) is 16.4. The highest BCUT2D eigenvalue weighted by Gasteiger charge is 2.40. The topological polar surface area (TPSA) is 55.4 Å². The smallest absolute Gasteiger partial charge is 0.307 e. The monoisotopic (exact) mass is 349 g/mol. The number of hydrogen-bond donors (Lipinski definition) is 1. The number of esters is 1. The Bertz CT molecular complexity index is 749. The SMILES string of the molecule is O=C1C[C@H](C(=O)Nc2ccc(Cl)cc2Cl)[C@@H](c2ccccc2)O1. The van der Waals surface area contributed by atoms with E-state index >= 15 is 0 Å². The quantitative estimate of drug-likeness (QED) is 0.843. The Morgan fingerprint density at radius 2 is 1.87 bits per heavy atom. The number of carbonyl (C=O) groups excluding carboxylic acids is 2. The molecule has 1 aliphatic heterocycles. The van der Waals surface area contributed by atoms with Crippen molar-refractivity contribution in [3.05, 3.63) is 64.1 Å². The Balaban J connectivity index is 1.81. The van der Waals surface area contributed by atoms with Gasteiger partial charge in [-0.15, -0.1) is 0 Å². The molecule has 2 aromatic carbocycles. The lowest BCUT2D eigenvalue weighted by Gasteiger charge is -2.18. The first-order chi connectivity index (χ1) is 11.0. The second-order valence-corrected chi connectivity index (χ2v) is 6.09. The maximum absolute atomic E-state index is 12.5. The fraction of sp³-hybridized carbons (Fsp3) is 0.176. The lowest BCUT2D eigenvalue weighted by atomic mass is 9.94. The summed E-state index contributed by atoms with van der Waals surface area (Å²) in [6.45, 7) is 0. The summed E-state index contributed by atoms with van der Waals surface area (Å²) in [7, 11) is 0. The van der Waals surface area contributed by atoms with Crippen molar-refractivity contribution in [3.8, 4) is 0 Å². The predicted octanol–water partition coefficient (Wildman–Crippen LogP) is 4.24. The number of ether oxygens (including phenoxy) is 1. The van der Waals surface area contributed by atoms with Gasteiger partial charge in [0.2, 0.25) is 5.91 Å². The lowest BCUT2D eigenvalue weighted by molar-refractivity contribution is -0.141. The average Bonchev–Trinajstić information content (AvgIpc) is 2.93. The van der Waals surface area contributed by atoms with Gasteiger partial charge in [-0.2, -0.15) is 0 Å². The van der Waals surface area contributed by atoms with E-state index in [2.05, 4.69) is 5.32 Å². The van der Waals surface area contributed by atoms with Crippen LogP contribution < -0.4 is 5.32 Å². The van der Waals surface area contributed by atoms with Crippen molar-refractivity contribution >= 4 is 40.8 Å². The van der Waals surface area contributed by atoms with Gasteiger partial charge in [-0.3, -0.25) is 9.59 Å². The number of benzene rings is 2. The fourth-order valence-electron chi connectivity index (χ4n) is 2.55. The molecule has 1 fully saturated rings. The van der Waals surface area contributed by atoms with Crippen molar-refractivity contribution in [1.29, 1.82) is 0 Å². The molecular formula is C17H13Cl2NO3. The van der Waals surface area contributed by atoms with Crippen LogP contribution in [0.25, 0.3) is 0 Å². The zero-order valence-corrected chi connectivity index (χ0v) is 13.5. The number of cyclic esters (lactones) is 1. The van der Waals surface area contributed by atoms with Crippen LogP contribution in [0.3, 0.4) is 0 Å². The predicted molar refractivity (Wildman–Crippen MR) is 88.5 cm³/mol. The van der Waals surface area contributed by atoms with Crippen molar-refractivity contribution in [2.24, 2.45) is 5.92 Å². The summed E-state index contributed by atoms with van der Waals surface area (Å²) in [5.74, 6) is -1.30. The minimum absolute atomic E-state index is 0.0383. The first-order valence-corrected chi connectivity index (χ1v) is 7.80. The van der Waals surface area contributed by atoms with Crippen molar-refractivity contribution in [1.82, 2.24) is 0 Å². The van der Waals surface area contributed by atoms with Gasteiger partial charge >= 0.3 is 5.97 Å². The van der Waals surface area contributed by atoms with E-state index in [0.717, 1.165) is 5.56 Å². The molecule has 1 N–H and O–H groups in total. The van der Waals surface area contributed by atoms with E-state index in [1.165, 1.54) is 0 Å². The zero-order valence-electron chi connectivity index (χ0n) is 12.0. The Morgan fingerprint density at radius 1 is 1.13 bits per heavy atom. The Labute approximate surface area is 143 Å². The lowest BCUT2D eigenvalue weighted by Crippen LogP contribution is -2.25. The number of hydrogen-bond acceptors (Lipinski definition) is 3. The second kappa shape index (κ2) is 6.60. The summed E-state index contributed by atoms with van der Waals surface area (Å²) >= 11 is 11.9. The first-order valence-electron chi connectivity index (χ1n) is 7.05. The highest BCUT2D eigenvalue weighted by Crippen LogP contribution is 2.36. The van der Waals surface area contributed by atoms with Crippen molar-refractivity contribution < 1.29 is 14.3 Å². The Hall–Kier alpha value is -2.04. The summed E-state index contributed by atoms with van der Waals surface area (Å²) in [6, 6.07) is 14.0. The number of carbonyl (C=O) groups is 2. The first kappa shape index (κ1) is 15.8. The van der Waals surface area contributed by atoms with E-state index in [1.54, 1.807) is 18.2 Å². The molecule has 0 unspecified atom stereocenters. The number of anilines is 1. The van der Waals surface area contributed by atoms with E-state index in [4.69, 9.17) is 27.9 Å². The summed E-state index contributed by atoms with van der Waals surface area (Å²) < 4.78 is 5.31. The molecule has 2 aromatic rings. The number of rotatable bonds is 3. The van der Waals surface area contributed by atoms with Gasteiger partial charge in [-0.25, -0.2) is 0 Å². The van der Waals surface area contributed by atoms with E-state index in [1.807, 2.05) is 30.3 Å². The van der Waals surface area contributed by atoms with E-state index in [0.29, 0.717) is 15.7 Å².